The minimum absolute atomic E-state index is 0.122. The zero-order valence-electron chi connectivity index (χ0n) is 14.4. The number of aliphatic hydroxyl groups is 1. The number of hydrogen-bond donors (Lipinski definition) is 2. The Labute approximate surface area is 161 Å². The Balaban J connectivity index is 1.83. The number of carbonyl (C=O) groups excluding carboxylic acids is 2. The lowest BCUT2D eigenvalue weighted by atomic mass is 9.92. The molecule has 3 aromatic carbocycles. The smallest absolute Gasteiger partial charge is 0.265 e. The predicted octanol–water partition coefficient (Wildman–Crippen LogP) is 3.65. The van der Waals surface area contributed by atoms with Gasteiger partial charge in [0.25, 0.3) is 11.8 Å². The molecule has 27 heavy (non-hydrogen) atoms. The Hall–Kier alpha value is -2.89. The lowest BCUT2D eigenvalue weighted by Gasteiger charge is -2.28. The highest BCUT2D eigenvalue weighted by Gasteiger charge is 2.34. The molecule has 1 heterocycles. The Morgan fingerprint density at radius 2 is 1.63 bits per heavy atom. The van der Waals surface area contributed by atoms with Gasteiger partial charge in [0.15, 0.2) is 0 Å². The number of nitrogens with zero attached hydrogens (tertiary/aromatic N) is 1. The van der Waals surface area contributed by atoms with E-state index in [9.17, 15) is 14.7 Å². The number of para-hydroxylation sites is 1. The van der Waals surface area contributed by atoms with Crippen LogP contribution in [0, 0.1) is 0 Å². The third-order valence-corrected chi connectivity index (χ3v) is 4.98. The summed E-state index contributed by atoms with van der Waals surface area (Å²) in [5.41, 5.74) is 2.25. The van der Waals surface area contributed by atoms with Gasteiger partial charge in [-0.3, -0.25) is 9.59 Å². The van der Waals surface area contributed by atoms with E-state index in [0.717, 1.165) is 11.1 Å². The molecule has 0 bridgehead atoms. The van der Waals surface area contributed by atoms with Crippen molar-refractivity contribution in [3.05, 3.63) is 71.8 Å². The molecule has 2 amide bonds. The molecule has 0 fully saturated rings. The molecule has 0 radical (unpaired) electrons. The number of anilines is 2. The zero-order chi connectivity index (χ0) is 19.0. The Bertz CT molecular complexity index is 1010. The summed E-state index contributed by atoms with van der Waals surface area (Å²) in [7, 11) is 0. The van der Waals surface area contributed by atoms with Crippen molar-refractivity contribution in [1.29, 1.82) is 0 Å². The van der Waals surface area contributed by atoms with Crippen LogP contribution in [0.25, 0.3) is 10.8 Å². The van der Waals surface area contributed by atoms with E-state index >= 15 is 0 Å². The van der Waals surface area contributed by atoms with Gasteiger partial charge in [-0.25, -0.2) is 4.90 Å². The standard InChI is InChI=1S/C21H17ClN2O3/c22-11-14(25)12-23-18-10-9-17-19-15(18)7-4-8-16(19)20(26)24(21(17)27)13-5-2-1-3-6-13/h1-10,14,23,25H,11-12H2/t14-/m0/s1. The summed E-state index contributed by atoms with van der Waals surface area (Å²) in [5.74, 6) is -0.568. The topological polar surface area (TPSA) is 69.6 Å². The molecule has 0 aliphatic carbocycles. The Morgan fingerprint density at radius 1 is 0.926 bits per heavy atom. The largest absolute Gasteiger partial charge is 0.390 e. The van der Waals surface area contributed by atoms with Crippen molar-refractivity contribution in [2.75, 3.05) is 22.6 Å². The van der Waals surface area contributed by atoms with E-state index in [-0.39, 0.29) is 24.2 Å². The van der Waals surface area contributed by atoms with Crippen molar-refractivity contribution < 1.29 is 14.7 Å². The quantitative estimate of drug-likeness (QED) is 0.523. The van der Waals surface area contributed by atoms with Gasteiger partial charge in [-0.1, -0.05) is 30.3 Å². The third-order valence-electron chi connectivity index (χ3n) is 4.63. The normalized spacial score (nSPS) is 14.5. The van der Waals surface area contributed by atoms with Gasteiger partial charge in [-0.2, -0.15) is 0 Å². The van der Waals surface area contributed by atoms with E-state index in [1.54, 1.807) is 48.5 Å². The molecule has 136 valence electrons. The summed E-state index contributed by atoms with van der Waals surface area (Å²) in [5, 5.41) is 14.2. The van der Waals surface area contributed by atoms with Crippen LogP contribution in [0.1, 0.15) is 20.7 Å². The SMILES string of the molecule is O=C1c2cccc3c(NC[C@@H](O)CCl)ccc(c23)C(=O)N1c1ccccc1. The number of halogens is 1. The van der Waals surface area contributed by atoms with E-state index in [1.165, 1.54) is 4.90 Å². The molecular formula is C21H17ClN2O3. The molecule has 5 nitrogen and oxygen atoms in total. The first-order valence-corrected chi connectivity index (χ1v) is 9.12. The number of amides is 2. The fourth-order valence-electron chi connectivity index (χ4n) is 3.34. The maximum absolute atomic E-state index is 13.1. The number of alkyl halides is 1. The van der Waals surface area contributed by atoms with Crippen LogP contribution < -0.4 is 10.2 Å². The summed E-state index contributed by atoms with van der Waals surface area (Å²) >= 11 is 5.65. The molecule has 1 atom stereocenters. The van der Waals surface area contributed by atoms with Crippen LogP contribution in [0.4, 0.5) is 11.4 Å². The minimum Gasteiger partial charge on any atom is -0.390 e. The fraction of sp³-hybridized carbons (Fsp3) is 0.143. The van der Waals surface area contributed by atoms with Crippen molar-refractivity contribution in [2.24, 2.45) is 0 Å². The summed E-state index contributed by atoms with van der Waals surface area (Å²) in [6, 6.07) is 17.8. The molecule has 0 unspecified atom stereocenters. The lowest BCUT2D eigenvalue weighted by Crippen LogP contribution is -2.40. The van der Waals surface area contributed by atoms with E-state index in [2.05, 4.69) is 5.32 Å². The second-order valence-electron chi connectivity index (χ2n) is 6.36. The maximum atomic E-state index is 13.1. The highest BCUT2D eigenvalue weighted by molar-refractivity contribution is 6.36. The summed E-state index contributed by atoms with van der Waals surface area (Å²) in [6.07, 6.45) is -0.686. The van der Waals surface area contributed by atoms with E-state index < -0.39 is 6.10 Å². The van der Waals surface area contributed by atoms with Crippen molar-refractivity contribution >= 4 is 45.6 Å². The second kappa shape index (κ2) is 7.02. The van der Waals surface area contributed by atoms with Crippen LogP contribution >= 0.6 is 11.6 Å². The van der Waals surface area contributed by atoms with Crippen molar-refractivity contribution in [2.45, 2.75) is 6.10 Å². The summed E-state index contributed by atoms with van der Waals surface area (Å²) in [6.45, 7) is 0.278. The summed E-state index contributed by atoms with van der Waals surface area (Å²) < 4.78 is 0. The predicted molar refractivity (Wildman–Crippen MR) is 107 cm³/mol. The molecule has 0 saturated heterocycles. The van der Waals surface area contributed by atoms with E-state index in [0.29, 0.717) is 22.2 Å². The maximum Gasteiger partial charge on any atom is 0.265 e. The Kier molecular flexibility index (Phi) is 4.56. The number of hydrogen-bond acceptors (Lipinski definition) is 4. The van der Waals surface area contributed by atoms with Crippen LogP contribution in [0.5, 0.6) is 0 Å². The van der Waals surface area contributed by atoms with Crippen molar-refractivity contribution in [1.82, 2.24) is 0 Å². The number of nitrogens with one attached hydrogen (secondary N) is 1. The van der Waals surface area contributed by atoms with E-state index in [1.807, 2.05) is 12.1 Å². The van der Waals surface area contributed by atoms with Crippen LogP contribution in [0.3, 0.4) is 0 Å². The Morgan fingerprint density at radius 3 is 2.33 bits per heavy atom. The van der Waals surface area contributed by atoms with Crippen molar-refractivity contribution in [3.63, 3.8) is 0 Å². The molecule has 1 aliphatic heterocycles. The average molecular weight is 381 g/mol. The highest BCUT2D eigenvalue weighted by atomic mass is 35.5. The first-order valence-electron chi connectivity index (χ1n) is 8.59. The number of rotatable bonds is 5. The van der Waals surface area contributed by atoms with Gasteiger partial charge in [0.05, 0.1) is 17.7 Å². The second-order valence-corrected chi connectivity index (χ2v) is 6.67. The number of aliphatic hydroxyl groups excluding tert-OH is 1. The molecule has 0 aromatic heterocycles. The molecule has 6 heteroatoms. The zero-order valence-corrected chi connectivity index (χ0v) is 15.1. The minimum atomic E-state index is -0.686. The van der Waals surface area contributed by atoms with Gasteiger partial charge in [0.2, 0.25) is 0 Å². The van der Waals surface area contributed by atoms with Crippen LogP contribution in [-0.4, -0.2) is 35.4 Å². The number of carbonyl (C=O) groups is 2. The number of benzene rings is 3. The van der Waals surface area contributed by atoms with Gasteiger partial charge in [-0.05, 0) is 30.3 Å². The molecule has 0 spiro atoms. The fourth-order valence-corrected chi connectivity index (χ4v) is 3.45. The molecular weight excluding hydrogens is 364 g/mol. The molecule has 2 N–H and O–H groups in total. The average Bonchev–Trinajstić information content (AvgIpc) is 2.71. The first kappa shape index (κ1) is 17.5. The molecule has 3 aromatic rings. The highest BCUT2D eigenvalue weighted by Crippen LogP contribution is 2.36. The van der Waals surface area contributed by atoms with Crippen molar-refractivity contribution in [3.8, 4) is 0 Å². The van der Waals surface area contributed by atoms with Crippen LogP contribution in [0.2, 0.25) is 0 Å². The van der Waals surface area contributed by atoms with E-state index in [4.69, 9.17) is 11.6 Å². The van der Waals surface area contributed by atoms with Gasteiger partial charge in [-0.15, -0.1) is 11.6 Å². The lowest BCUT2D eigenvalue weighted by molar-refractivity contribution is 0.0893. The van der Waals surface area contributed by atoms with Gasteiger partial charge < -0.3 is 10.4 Å². The number of imide groups is 1. The van der Waals surface area contributed by atoms with Gasteiger partial charge in [0, 0.05) is 34.1 Å². The van der Waals surface area contributed by atoms with Gasteiger partial charge >= 0.3 is 0 Å². The van der Waals surface area contributed by atoms with Crippen LogP contribution in [-0.2, 0) is 0 Å². The summed E-state index contributed by atoms with van der Waals surface area (Å²) in [4.78, 5) is 27.3. The molecule has 1 aliphatic rings. The third kappa shape index (κ3) is 2.95. The molecule has 4 rings (SSSR count). The van der Waals surface area contributed by atoms with Crippen LogP contribution in [0.15, 0.2) is 60.7 Å². The van der Waals surface area contributed by atoms with Gasteiger partial charge in [0.1, 0.15) is 0 Å². The monoisotopic (exact) mass is 380 g/mol. The molecule has 0 saturated carbocycles. The first-order chi connectivity index (χ1) is 13.1.